The molecule has 4 nitrogen and oxygen atoms in total. The lowest BCUT2D eigenvalue weighted by molar-refractivity contribution is 0.355. The zero-order chi connectivity index (χ0) is 11.5. The quantitative estimate of drug-likeness (QED) is 0.791. The van der Waals surface area contributed by atoms with Crippen LogP contribution in [0, 0.1) is 0 Å². The summed E-state index contributed by atoms with van der Waals surface area (Å²) in [6, 6.07) is 7.77. The third-order valence-corrected chi connectivity index (χ3v) is 2.50. The molecule has 16 heavy (non-hydrogen) atoms. The Bertz CT molecular complexity index is 492. The summed E-state index contributed by atoms with van der Waals surface area (Å²) in [7, 11) is 5.17. The highest BCUT2D eigenvalue weighted by molar-refractivity contribution is 5.64. The zero-order valence-electron chi connectivity index (χ0n) is 9.60. The molecule has 84 valence electrons. The van der Waals surface area contributed by atoms with Gasteiger partial charge in [0.15, 0.2) is 11.5 Å². The highest BCUT2D eigenvalue weighted by Crippen LogP contribution is 2.31. The minimum atomic E-state index is 0.723. The minimum Gasteiger partial charge on any atom is -0.493 e. The van der Waals surface area contributed by atoms with Crippen LogP contribution in [0.5, 0.6) is 11.5 Å². The van der Waals surface area contributed by atoms with Crippen molar-refractivity contribution in [3.8, 4) is 22.8 Å². The van der Waals surface area contributed by atoms with Gasteiger partial charge in [-0.25, -0.2) is 0 Å². The minimum absolute atomic E-state index is 0.723. The lowest BCUT2D eigenvalue weighted by Gasteiger charge is -2.09. The van der Waals surface area contributed by atoms with E-state index >= 15 is 0 Å². The van der Waals surface area contributed by atoms with Gasteiger partial charge in [-0.05, 0) is 24.3 Å². The zero-order valence-corrected chi connectivity index (χ0v) is 9.60. The van der Waals surface area contributed by atoms with E-state index in [4.69, 9.17) is 9.47 Å². The average molecular weight is 218 g/mol. The number of hydrogen-bond donors (Lipinski definition) is 0. The fourth-order valence-electron chi connectivity index (χ4n) is 1.65. The van der Waals surface area contributed by atoms with E-state index < -0.39 is 0 Å². The van der Waals surface area contributed by atoms with Gasteiger partial charge in [0.25, 0.3) is 0 Å². The molecule has 0 fully saturated rings. The first kappa shape index (κ1) is 10.5. The molecule has 1 aromatic carbocycles. The van der Waals surface area contributed by atoms with E-state index in [2.05, 4.69) is 5.10 Å². The fraction of sp³-hybridized carbons (Fsp3) is 0.250. The normalized spacial score (nSPS) is 10.2. The van der Waals surface area contributed by atoms with Gasteiger partial charge in [0, 0.05) is 18.8 Å². The van der Waals surface area contributed by atoms with Crippen LogP contribution >= 0.6 is 0 Å². The number of benzene rings is 1. The maximum Gasteiger partial charge on any atom is 0.161 e. The van der Waals surface area contributed by atoms with Crippen LogP contribution in [0.3, 0.4) is 0 Å². The second kappa shape index (κ2) is 4.26. The molecule has 0 amide bonds. The van der Waals surface area contributed by atoms with Gasteiger partial charge in [-0.3, -0.25) is 4.68 Å². The Kier molecular flexibility index (Phi) is 2.81. The highest BCUT2D eigenvalue weighted by Gasteiger charge is 2.08. The van der Waals surface area contributed by atoms with Gasteiger partial charge in [0.2, 0.25) is 0 Å². The van der Waals surface area contributed by atoms with Crippen molar-refractivity contribution in [3.63, 3.8) is 0 Å². The number of aromatic nitrogens is 2. The molecule has 0 aliphatic rings. The lowest BCUT2D eigenvalue weighted by Crippen LogP contribution is -1.95. The van der Waals surface area contributed by atoms with E-state index in [9.17, 15) is 0 Å². The Morgan fingerprint density at radius 1 is 1.06 bits per heavy atom. The number of aryl methyl sites for hydroxylation is 1. The summed E-state index contributed by atoms with van der Waals surface area (Å²) in [4.78, 5) is 0. The Balaban J connectivity index is 2.48. The SMILES string of the molecule is COc1ccc(-c2ccnn2C)cc1OC. The van der Waals surface area contributed by atoms with Crippen LogP contribution in [0.15, 0.2) is 30.5 Å². The van der Waals surface area contributed by atoms with Crippen molar-refractivity contribution in [1.82, 2.24) is 9.78 Å². The molecule has 0 N–H and O–H groups in total. The molecule has 2 aromatic rings. The van der Waals surface area contributed by atoms with Gasteiger partial charge >= 0.3 is 0 Å². The molecule has 2 rings (SSSR count). The van der Waals surface area contributed by atoms with Crippen molar-refractivity contribution in [3.05, 3.63) is 30.5 Å². The van der Waals surface area contributed by atoms with Gasteiger partial charge in [0.05, 0.1) is 19.9 Å². The van der Waals surface area contributed by atoms with Crippen molar-refractivity contribution in [2.24, 2.45) is 7.05 Å². The van der Waals surface area contributed by atoms with E-state index in [1.165, 1.54) is 0 Å². The molecule has 4 heteroatoms. The van der Waals surface area contributed by atoms with Crippen LogP contribution in [0.2, 0.25) is 0 Å². The van der Waals surface area contributed by atoms with Crippen molar-refractivity contribution in [2.45, 2.75) is 0 Å². The Morgan fingerprint density at radius 2 is 1.81 bits per heavy atom. The summed E-state index contributed by atoms with van der Waals surface area (Å²) in [6.07, 6.45) is 1.77. The summed E-state index contributed by atoms with van der Waals surface area (Å²) in [6.45, 7) is 0. The maximum atomic E-state index is 5.26. The van der Waals surface area contributed by atoms with Crippen molar-refractivity contribution in [2.75, 3.05) is 14.2 Å². The Hall–Kier alpha value is -1.97. The predicted octanol–water partition coefficient (Wildman–Crippen LogP) is 2.10. The second-order valence-electron chi connectivity index (χ2n) is 3.41. The van der Waals surface area contributed by atoms with Crippen LogP contribution in [0.1, 0.15) is 0 Å². The summed E-state index contributed by atoms with van der Waals surface area (Å²) < 4.78 is 12.3. The second-order valence-corrected chi connectivity index (χ2v) is 3.41. The summed E-state index contributed by atoms with van der Waals surface area (Å²) in [5, 5.41) is 4.14. The molecule has 0 saturated carbocycles. The van der Waals surface area contributed by atoms with E-state index in [0.29, 0.717) is 0 Å². The Labute approximate surface area is 94.4 Å². The summed E-state index contributed by atoms with van der Waals surface area (Å²) >= 11 is 0. The van der Waals surface area contributed by atoms with Crippen molar-refractivity contribution < 1.29 is 9.47 Å². The van der Waals surface area contributed by atoms with Crippen LogP contribution in [0.4, 0.5) is 0 Å². The van der Waals surface area contributed by atoms with Gasteiger partial charge in [-0.1, -0.05) is 0 Å². The molecular weight excluding hydrogens is 204 g/mol. The molecule has 0 saturated heterocycles. The first-order chi connectivity index (χ1) is 7.76. The van der Waals surface area contributed by atoms with Crippen molar-refractivity contribution in [1.29, 1.82) is 0 Å². The number of rotatable bonds is 3. The Morgan fingerprint density at radius 3 is 2.38 bits per heavy atom. The monoisotopic (exact) mass is 218 g/mol. The van der Waals surface area contributed by atoms with E-state index in [-0.39, 0.29) is 0 Å². The number of methoxy groups -OCH3 is 2. The van der Waals surface area contributed by atoms with Gasteiger partial charge in [-0.15, -0.1) is 0 Å². The van der Waals surface area contributed by atoms with Crippen LogP contribution in [0.25, 0.3) is 11.3 Å². The summed E-state index contributed by atoms with van der Waals surface area (Å²) in [5.74, 6) is 1.45. The van der Waals surface area contributed by atoms with Gasteiger partial charge in [0.1, 0.15) is 0 Å². The van der Waals surface area contributed by atoms with E-state index in [1.54, 1.807) is 20.4 Å². The first-order valence-corrected chi connectivity index (χ1v) is 4.96. The molecule has 0 unspecified atom stereocenters. The predicted molar refractivity (Wildman–Crippen MR) is 61.7 cm³/mol. The van der Waals surface area contributed by atoms with Gasteiger partial charge < -0.3 is 9.47 Å². The smallest absolute Gasteiger partial charge is 0.161 e. The largest absolute Gasteiger partial charge is 0.493 e. The van der Waals surface area contributed by atoms with Crippen LogP contribution in [-0.2, 0) is 7.05 Å². The first-order valence-electron chi connectivity index (χ1n) is 4.96. The number of ether oxygens (including phenoxy) is 2. The highest BCUT2D eigenvalue weighted by atomic mass is 16.5. The number of nitrogens with zero attached hydrogens (tertiary/aromatic N) is 2. The van der Waals surface area contributed by atoms with Crippen molar-refractivity contribution >= 4 is 0 Å². The topological polar surface area (TPSA) is 36.3 Å². The molecule has 0 aliphatic heterocycles. The molecule has 1 heterocycles. The van der Waals surface area contributed by atoms with E-state index in [1.807, 2.05) is 36.0 Å². The standard InChI is InChI=1S/C12H14N2O2/c1-14-10(6-7-13-14)9-4-5-11(15-2)12(8-9)16-3/h4-8H,1-3H3. The van der Waals surface area contributed by atoms with Gasteiger partial charge in [-0.2, -0.15) is 5.10 Å². The maximum absolute atomic E-state index is 5.26. The average Bonchev–Trinajstić information content (AvgIpc) is 2.74. The van der Waals surface area contributed by atoms with Crippen LogP contribution < -0.4 is 9.47 Å². The molecule has 0 atom stereocenters. The number of hydrogen-bond acceptors (Lipinski definition) is 3. The third-order valence-electron chi connectivity index (χ3n) is 2.50. The molecule has 1 aromatic heterocycles. The fourth-order valence-corrected chi connectivity index (χ4v) is 1.65. The third kappa shape index (κ3) is 1.74. The van der Waals surface area contributed by atoms with Crippen LogP contribution in [-0.4, -0.2) is 24.0 Å². The summed E-state index contributed by atoms with van der Waals surface area (Å²) in [5.41, 5.74) is 2.10. The molecular formula is C12H14N2O2. The molecule has 0 radical (unpaired) electrons. The van der Waals surface area contributed by atoms with E-state index in [0.717, 1.165) is 22.8 Å². The molecule has 0 spiro atoms. The molecule has 0 bridgehead atoms. The lowest BCUT2D eigenvalue weighted by atomic mass is 10.1. The molecule has 0 aliphatic carbocycles.